The van der Waals surface area contributed by atoms with Crippen LogP contribution in [0.2, 0.25) is 0 Å². The average Bonchev–Trinajstić information content (AvgIpc) is 2.47. The third-order valence-electron chi connectivity index (χ3n) is 2.90. The molecule has 2 rings (SSSR count). The van der Waals surface area contributed by atoms with Gasteiger partial charge in [-0.15, -0.1) is 0 Å². The van der Waals surface area contributed by atoms with Gasteiger partial charge in [-0.25, -0.2) is 0 Å². The largest absolute Gasteiger partial charge is 0.491 e. The lowest BCUT2D eigenvalue weighted by Gasteiger charge is -2.16. The molecule has 0 fully saturated rings. The van der Waals surface area contributed by atoms with Gasteiger partial charge in [-0.3, -0.25) is 0 Å². The van der Waals surface area contributed by atoms with E-state index in [1.165, 1.54) is 0 Å². The summed E-state index contributed by atoms with van der Waals surface area (Å²) < 4.78 is 11.4. The van der Waals surface area contributed by atoms with Crippen molar-refractivity contribution < 1.29 is 9.47 Å². The molecule has 0 aliphatic heterocycles. The molecule has 2 aromatic rings. The smallest absolute Gasteiger partial charge is 0.119 e. The molecule has 3 nitrogen and oxygen atoms in total. The van der Waals surface area contributed by atoms with Crippen LogP contribution in [0.25, 0.3) is 0 Å². The first kappa shape index (κ1) is 15.2. The van der Waals surface area contributed by atoms with E-state index in [0.717, 1.165) is 23.7 Å². The van der Waals surface area contributed by atoms with Crippen LogP contribution in [0.1, 0.15) is 20.8 Å². The minimum atomic E-state index is 0.0963. The van der Waals surface area contributed by atoms with Crippen molar-refractivity contribution in [3.8, 4) is 11.5 Å². The molecular formula is C18H23NO2. The Morgan fingerprint density at radius 2 is 1.43 bits per heavy atom. The van der Waals surface area contributed by atoms with Crippen molar-refractivity contribution >= 4 is 5.69 Å². The molecule has 0 bridgehead atoms. The number of benzene rings is 2. The molecule has 1 N–H and O–H groups in total. The lowest BCUT2D eigenvalue weighted by Crippen LogP contribution is -2.22. The maximum Gasteiger partial charge on any atom is 0.119 e. The Hall–Kier alpha value is -2.16. The highest BCUT2D eigenvalue weighted by atomic mass is 16.5. The second-order valence-electron chi connectivity index (χ2n) is 5.31. The number of rotatable bonds is 7. The summed E-state index contributed by atoms with van der Waals surface area (Å²) in [5, 5.41) is 3.36. The first-order valence-electron chi connectivity index (χ1n) is 7.36. The highest BCUT2D eigenvalue weighted by Gasteiger charge is 2.04. The number of nitrogens with one attached hydrogen (secondary N) is 1. The van der Waals surface area contributed by atoms with Crippen molar-refractivity contribution in [2.45, 2.75) is 33.0 Å². The van der Waals surface area contributed by atoms with Gasteiger partial charge in [-0.1, -0.05) is 18.2 Å². The second-order valence-corrected chi connectivity index (χ2v) is 5.31. The van der Waals surface area contributed by atoms with Crippen molar-refractivity contribution in [3.63, 3.8) is 0 Å². The van der Waals surface area contributed by atoms with Crippen LogP contribution < -0.4 is 14.8 Å². The van der Waals surface area contributed by atoms with Gasteiger partial charge >= 0.3 is 0 Å². The third kappa shape index (κ3) is 5.38. The Balaban J connectivity index is 1.79. The summed E-state index contributed by atoms with van der Waals surface area (Å²) in [6, 6.07) is 17.9. The van der Waals surface area contributed by atoms with Gasteiger partial charge in [-0.05, 0) is 57.2 Å². The molecule has 0 saturated heterocycles. The summed E-state index contributed by atoms with van der Waals surface area (Å²) >= 11 is 0. The van der Waals surface area contributed by atoms with Gasteiger partial charge in [0.25, 0.3) is 0 Å². The van der Waals surface area contributed by atoms with Crippen LogP contribution in [0.4, 0.5) is 5.69 Å². The highest BCUT2D eigenvalue weighted by molar-refractivity contribution is 5.46. The predicted octanol–water partition coefficient (Wildman–Crippen LogP) is 4.35. The molecule has 0 aliphatic rings. The molecule has 0 spiro atoms. The molecule has 1 unspecified atom stereocenters. The lowest BCUT2D eigenvalue weighted by molar-refractivity contribution is 0.235. The molecule has 0 aromatic heterocycles. The zero-order valence-corrected chi connectivity index (χ0v) is 12.9. The predicted molar refractivity (Wildman–Crippen MR) is 87.2 cm³/mol. The van der Waals surface area contributed by atoms with Gasteiger partial charge in [0.2, 0.25) is 0 Å². The first-order valence-corrected chi connectivity index (χ1v) is 7.36. The Morgan fingerprint density at radius 3 is 2.05 bits per heavy atom. The fourth-order valence-corrected chi connectivity index (χ4v) is 1.96. The van der Waals surface area contributed by atoms with E-state index in [4.69, 9.17) is 9.47 Å². The van der Waals surface area contributed by atoms with Crippen LogP contribution in [-0.4, -0.2) is 18.8 Å². The third-order valence-corrected chi connectivity index (χ3v) is 2.90. The van der Waals surface area contributed by atoms with E-state index in [1.807, 2.05) is 68.4 Å². The summed E-state index contributed by atoms with van der Waals surface area (Å²) in [6.07, 6.45) is 0.294. The maximum absolute atomic E-state index is 5.83. The summed E-state index contributed by atoms with van der Waals surface area (Å²) in [5.74, 6) is 1.79. The normalized spacial score (nSPS) is 12.0. The summed E-state index contributed by atoms with van der Waals surface area (Å²) in [6.45, 7) is 6.85. The highest BCUT2D eigenvalue weighted by Crippen LogP contribution is 2.17. The van der Waals surface area contributed by atoms with Crippen molar-refractivity contribution in [1.82, 2.24) is 0 Å². The van der Waals surface area contributed by atoms with Crippen LogP contribution in [0.3, 0.4) is 0 Å². The number of hydrogen-bond donors (Lipinski definition) is 1. The molecule has 2 aromatic carbocycles. The molecule has 21 heavy (non-hydrogen) atoms. The van der Waals surface area contributed by atoms with Gasteiger partial charge in [0.05, 0.1) is 12.6 Å². The maximum atomic E-state index is 5.83. The minimum absolute atomic E-state index is 0.0963. The fraction of sp³-hybridized carbons (Fsp3) is 0.333. The SMILES string of the molecule is CC(C)Oc1ccc(NCC(C)Oc2ccccc2)cc1. The fourth-order valence-electron chi connectivity index (χ4n) is 1.96. The topological polar surface area (TPSA) is 30.5 Å². The molecule has 0 heterocycles. The molecule has 0 saturated carbocycles. The van der Waals surface area contributed by atoms with Crippen molar-refractivity contribution in [2.24, 2.45) is 0 Å². The Kier molecular flexibility index (Phi) is 5.50. The quantitative estimate of drug-likeness (QED) is 0.820. The van der Waals surface area contributed by atoms with Crippen molar-refractivity contribution in [1.29, 1.82) is 0 Å². The number of ether oxygens (including phenoxy) is 2. The molecule has 0 radical (unpaired) electrons. The molecular weight excluding hydrogens is 262 g/mol. The lowest BCUT2D eigenvalue weighted by atomic mass is 10.3. The van der Waals surface area contributed by atoms with Gasteiger partial charge in [0.1, 0.15) is 17.6 Å². The molecule has 1 atom stereocenters. The van der Waals surface area contributed by atoms with E-state index in [2.05, 4.69) is 12.2 Å². The molecule has 3 heteroatoms. The van der Waals surface area contributed by atoms with Gasteiger partial charge in [-0.2, -0.15) is 0 Å². The summed E-state index contributed by atoms with van der Waals surface area (Å²) in [5.41, 5.74) is 1.06. The number of para-hydroxylation sites is 1. The molecule has 0 amide bonds. The summed E-state index contributed by atoms with van der Waals surface area (Å²) in [4.78, 5) is 0. The van der Waals surface area contributed by atoms with E-state index >= 15 is 0 Å². The Morgan fingerprint density at radius 1 is 0.810 bits per heavy atom. The number of anilines is 1. The number of hydrogen-bond acceptors (Lipinski definition) is 3. The van der Waals surface area contributed by atoms with Crippen LogP contribution in [0.15, 0.2) is 54.6 Å². The van der Waals surface area contributed by atoms with Crippen molar-refractivity contribution in [3.05, 3.63) is 54.6 Å². The van der Waals surface area contributed by atoms with Crippen molar-refractivity contribution in [2.75, 3.05) is 11.9 Å². The standard InChI is InChI=1S/C18H23NO2/c1-14(2)20-18-11-9-16(10-12-18)19-13-15(3)21-17-7-5-4-6-8-17/h4-12,14-15,19H,13H2,1-3H3. The zero-order chi connectivity index (χ0) is 15.1. The van der Waals surface area contributed by atoms with Gasteiger partial charge in [0, 0.05) is 5.69 Å². The Bertz CT molecular complexity index is 523. The summed E-state index contributed by atoms with van der Waals surface area (Å²) in [7, 11) is 0. The van der Waals surface area contributed by atoms with Crippen LogP contribution >= 0.6 is 0 Å². The second kappa shape index (κ2) is 7.58. The van der Waals surface area contributed by atoms with Crippen LogP contribution in [0, 0.1) is 0 Å². The minimum Gasteiger partial charge on any atom is -0.491 e. The van der Waals surface area contributed by atoms with Gasteiger partial charge in [0.15, 0.2) is 0 Å². The van der Waals surface area contributed by atoms with Gasteiger partial charge < -0.3 is 14.8 Å². The van der Waals surface area contributed by atoms with E-state index in [0.29, 0.717) is 0 Å². The van der Waals surface area contributed by atoms with Crippen LogP contribution in [0.5, 0.6) is 11.5 Å². The molecule has 112 valence electrons. The van der Waals surface area contributed by atoms with E-state index in [-0.39, 0.29) is 12.2 Å². The van der Waals surface area contributed by atoms with E-state index in [9.17, 15) is 0 Å². The zero-order valence-electron chi connectivity index (χ0n) is 12.9. The first-order chi connectivity index (χ1) is 10.1. The van der Waals surface area contributed by atoms with E-state index < -0.39 is 0 Å². The van der Waals surface area contributed by atoms with E-state index in [1.54, 1.807) is 0 Å². The van der Waals surface area contributed by atoms with Crippen LogP contribution in [-0.2, 0) is 0 Å². The monoisotopic (exact) mass is 285 g/mol. The Labute approximate surface area is 126 Å². The average molecular weight is 285 g/mol. The molecule has 0 aliphatic carbocycles.